The quantitative estimate of drug-likeness (QED) is 0.0163. The van der Waals surface area contributed by atoms with E-state index in [2.05, 4.69) is 33.1 Å². The van der Waals surface area contributed by atoms with Gasteiger partial charge in [-0.25, -0.2) is 39.1 Å². The van der Waals surface area contributed by atoms with Crippen LogP contribution >= 0.6 is 0 Å². The van der Waals surface area contributed by atoms with Crippen LogP contribution in [0.1, 0.15) is 142 Å². The van der Waals surface area contributed by atoms with Crippen molar-refractivity contribution in [2.75, 3.05) is 26.4 Å². The van der Waals surface area contributed by atoms with Crippen molar-refractivity contribution in [3.05, 3.63) is 134 Å². The Morgan fingerprint density at radius 1 is 0.458 bits per heavy atom. The number of unbranched alkanes of at least 4 members (excludes halogenated alkanes) is 16. The third-order valence-electron chi connectivity index (χ3n) is 11.4. The Kier molecular flexibility index (Phi) is 24.7. The second kappa shape index (κ2) is 32.2. The monoisotopic (exact) mass is 979 g/mol. The Morgan fingerprint density at radius 3 is 1.17 bits per heavy atom. The molecule has 2 heterocycles. The van der Waals surface area contributed by atoms with Gasteiger partial charge in [-0.05, 0) is 62.1 Å². The molecule has 0 bridgehead atoms. The molecule has 0 aliphatic heterocycles. The summed E-state index contributed by atoms with van der Waals surface area (Å²) >= 11 is 0. The molecule has 15 nitrogen and oxygen atoms in total. The first kappa shape index (κ1) is 55.2. The number of benzene rings is 3. The number of rotatable bonds is 34. The van der Waals surface area contributed by atoms with E-state index in [-0.39, 0.29) is 40.1 Å². The summed E-state index contributed by atoms with van der Waals surface area (Å²) < 4.78 is 33.0. The summed E-state index contributed by atoms with van der Waals surface area (Å²) in [4.78, 5) is 66.5. The largest absolute Gasteiger partial charge is 0.490 e. The first-order chi connectivity index (χ1) is 35.3. The number of carbonyl (C=O) groups excluding carboxylic acids is 4. The van der Waals surface area contributed by atoms with Crippen molar-refractivity contribution in [1.29, 1.82) is 5.26 Å². The molecule has 0 atom stereocenters. The maximum Gasteiger partial charge on any atom is 0.343 e. The van der Waals surface area contributed by atoms with Gasteiger partial charge in [-0.3, -0.25) is 0 Å². The van der Waals surface area contributed by atoms with E-state index in [0.717, 1.165) is 77.0 Å². The Hall–Kier alpha value is -7.73. The summed E-state index contributed by atoms with van der Waals surface area (Å²) in [6.07, 6.45) is 28.5. The van der Waals surface area contributed by atoms with E-state index >= 15 is 0 Å². The molecule has 0 saturated carbocycles. The van der Waals surface area contributed by atoms with E-state index in [4.69, 9.17) is 28.4 Å². The van der Waals surface area contributed by atoms with Crippen LogP contribution in [0.15, 0.2) is 117 Å². The molecule has 15 heteroatoms. The topological polar surface area (TPSA) is 199 Å². The summed E-state index contributed by atoms with van der Waals surface area (Å²) in [6, 6.07) is 19.3. The van der Waals surface area contributed by atoms with Crippen molar-refractivity contribution in [3.8, 4) is 51.8 Å². The molecule has 0 amide bonds. The lowest BCUT2D eigenvalue weighted by Crippen LogP contribution is -2.13. The molecular formula is C57H65N5O10. The summed E-state index contributed by atoms with van der Waals surface area (Å²) in [5.74, 6) is -0.224. The molecular weight excluding hydrogens is 915 g/mol. The minimum Gasteiger partial charge on any atom is -0.490 e. The van der Waals surface area contributed by atoms with Crippen molar-refractivity contribution in [2.24, 2.45) is 0 Å². The molecule has 0 fully saturated rings. The van der Waals surface area contributed by atoms with Gasteiger partial charge >= 0.3 is 23.9 Å². The number of ether oxygens (including phenoxy) is 6. The Labute approximate surface area is 422 Å². The average molecular weight is 980 g/mol. The first-order valence-corrected chi connectivity index (χ1v) is 24.9. The number of hydrogen-bond acceptors (Lipinski definition) is 15. The highest BCUT2D eigenvalue weighted by atomic mass is 16.6. The fraction of sp³-hybridized carbons (Fsp3) is 0.386. The predicted octanol–water partition coefficient (Wildman–Crippen LogP) is 12.1. The van der Waals surface area contributed by atoms with Gasteiger partial charge in [-0.15, -0.1) is 0 Å². The molecule has 0 radical (unpaired) electrons. The highest BCUT2D eigenvalue weighted by molar-refractivity contribution is 5.94. The van der Waals surface area contributed by atoms with Crippen LogP contribution in [0.3, 0.4) is 0 Å². The van der Waals surface area contributed by atoms with Gasteiger partial charge in [0.2, 0.25) is 0 Å². The Morgan fingerprint density at radius 2 is 0.806 bits per heavy atom. The van der Waals surface area contributed by atoms with Gasteiger partial charge < -0.3 is 28.4 Å². The van der Waals surface area contributed by atoms with Crippen LogP contribution in [0.2, 0.25) is 0 Å². The SMILES string of the molecule is C=CC(=O)OCCCCCCCCCCCOc1cnc(-c2ccc(C(=O)Oc3ccc(C#N)cc3OC(=O)c3ccc(-c4ncc(OCCCCCCCCCCCOC(=O)C=C)cn4)cc3)cc2)nc1. The van der Waals surface area contributed by atoms with Crippen molar-refractivity contribution in [2.45, 2.75) is 116 Å². The van der Waals surface area contributed by atoms with Crippen LogP contribution in [-0.2, 0) is 19.1 Å². The highest BCUT2D eigenvalue weighted by Crippen LogP contribution is 2.31. The van der Waals surface area contributed by atoms with Crippen molar-refractivity contribution >= 4 is 23.9 Å². The molecule has 0 saturated heterocycles. The molecule has 5 aromatic rings. The van der Waals surface area contributed by atoms with Gasteiger partial charge in [-0.1, -0.05) is 127 Å². The maximum atomic E-state index is 13.3. The minimum absolute atomic E-state index is 0.0398. The molecule has 378 valence electrons. The zero-order valence-electron chi connectivity index (χ0n) is 41.1. The lowest BCUT2D eigenvalue weighted by atomic mass is 10.1. The van der Waals surface area contributed by atoms with Crippen LogP contribution in [0.5, 0.6) is 23.0 Å². The van der Waals surface area contributed by atoms with Crippen molar-refractivity contribution in [1.82, 2.24) is 19.9 Å². The molecule has 3 aromatic carbocycles. The highest BCUT2D eigenvalue weighted by Gasteiger charge is 2.18. The molecule has 0 unspecified atom stereocenters. The molecule has 0 aliphatic carbocycles. The van der Waals surface area contributed by atoms with Crippen LogP contribution in [0, 0.1) is 11.3 Å². The fourth-order valence-electron chi connectivity index (χ4n) is 7.38. The van der Waals surface area contributed by atoms with E-state index in [1.54, 1.807) is 73.3 Å². The summed E-state index contributed by atoms with van der Waals surface area (Å²) in [6.45, 7) is 8.84. The van der Waals surface area contributed by atoms with Crippen LogP contribution in [0.4, 0.5) is 0 Å². The van der Waals surface area contributed by atoms with Crippen molar-refractivity contribution in [3.63, 3.8) is 0 Å². The Bertz CT molecular complexity index is 2510. The molecule has 5 rings (SSSR count). The van der Waals surface area contributed by atoms with Crippen LogP contribution in [0.25, 0.3) is 22.8 Å². The molecule has 0 spiro atoms. The minimum atomic E-state index is -0.724. The van der Waals surface area contributed by atoms with Crippen LogP contribution < -0.4 is 18.9 Å². The first-order valence-electron chi connectivity index (χ1n) is 24.9. The van der Waals surface area contributed by atoms with Crippen molar-refractivity contribution < 1.29 is 47.6 Å². The maximum absolute atomic E-state index is 13.3. The molecule has 0 N–H and O–H groups in total. The third kappa shape index (κ3) is 20.3. The van der Waals surface area contributed by atoms with Gasteiger partial charge in [0.15, 0.2) is 34.6 Å². The number of nitriles is 1. The van der Waals surface area contributed by atoms with E-state index in [9.17, 15) is 24.4 Å². The molecule has 0 aliphatic rings. The van der Waals surface area contributed by atoms with Gasteiger partial charge in [0.25, 0.3) is 0 Å². The normalized spacial score (nSPS) is 10.7. The van der Waals surface area contributed by atoms with Gasteiger partial charge in [0.05, 0.1) is 74.0 Å². The number of esters is 4. The summed E-state index contributed by atoms with van der Waals surface area (Å²) in [5, 5.41) is 9.56. The second-order valence-electron chi connectivity index (χ2n) is 17.0. The number of nitrogens with zero attached hydrogens (tertiary/aromatic N) is 5. The average Bonchev–Trinajstić information content (AvgIpc) is 3.41. The standard InChI is InChI=1S/C57H65N5O10/c1-3-52(63)69-35-21-17-13-9-5-7-11-15-19-33-67-48-39-59-54(60-40-48)44-24-28-46(29-25-44)56(65)71-50-32-23-43(38-58)37-51(50)72-57(66)47-30-26-45(27-31-47)55-61-41-49(42-62-55)68-34-20-16-12-8-6-10-14-18-22-36-70-53(64)4-2/h3-4,23-32,37,39-42H,1-2,5-22,33-36H2. The van der Waals surface area contributed by atoms with E-state index in [1.165, 1.54) is 68.9 Å². The van der Waals surface area contributed by atoms with E-state index in [1.807, 2.05) is 6.07 Å². The zero-order chi connectivity index (χ0) is 51.0. The van der Waals surface area contributed by atoms with Gasteiger partial charge in [0.1, 0.15) is 0 Å². The Balaban J connectivity index is 0.992. The summed E-state index contributed by atoms with van der Waals surface area (Å²) in [5.41, 5.74) is 2.01. The molecule has 2 aromatic heterocycles. The zero-order valence-corrected chi connectivity index (χ0v) is 41.1. The number of hydrogen-bond donors (Lipinski definition) is 0. The predicted molar refractivity (Wildman–Crippen MR) is 272 cm³/mol. The fourth-order valence-corrected chi connectivity index (χ4v) is 7.38. The van der Waals surface area contributed by atoms with Gasteiger partial charge in [0, 0.05) is 29.3 Å². The lowest BCUT2D eigenvalue weighted by molar-refractivity contribution is -0.138. The molecule has 72 heavy (non-hydrogen) atoms. The van der Waals surface area contributed by atoms with Crippen LogP contribution in [-0.4, -0.2) is 70.2 Å². The van der Waals surface area contributed by atoms with E-state index < -0.39 is 11.9 Å². The number of aromatic nitrogens is 4. The summed E-state index contributed by atoms with van der Waals surface area (Å²) in [7, 11) is 0. The smallest absolute Gasteiger partial charge is 0.343 e. The van der Waals surface area contributed by atoms with E-state index in [0.29, 0.717) is 60.7 Å². The second-order valence-corrected chi connectivity index (χ2v) is 17.0. The lowest BCUT2D eigenvalue weighted by Gasteiger charge is -2.12. The number of carbonyl (C=O) groups is 4. The third-order valence-corrected chi connectivity index (χ3v) is 11.4. The van der Waals surface area contributed by atoms with Gasteiger partial charge in [-0.2, -0.15) is 5.26 Å².